The van der Waals surface area contributed by atoms with Crippen molar-refractivity contribution in [2.24, 2.45) is 0 Å². The average Bonchev–Trinajstić information content (AvgIpc) is 3.37. The van der Waals surface area contributed by atoms with Crippen LogP contribution in [0.2, 0.25) is 0 Å². The maximum Gasteiger partial charge on any atom is 0.164 e. The van der Waals surface area contributed by atoms with Gasteiger partial charge in [-0.3, -0.25) is 0 Å². The van der Waals surface area contributed by atoms with E-state index in [1.807, 2.05) is 54.6 Å². The predicted molar refractivity (Wildman–Crippen MR) is 254 cm³/mol. The monoisotopic (exact) mass is 791 g/mol. The molecule has 11 rings (SSSR count). The first-order valence-corrected chi connectivity index (χ1v) is 20.7. The Morgan fingerprint density at radius 3 is 1.31 bits per heavy atom. The van der Waals surface area contributed by atoms with Crippen LogP contribution in [0.5, 0.6) is 0 Å². The maximum absolute atomic E-state index is 5.40. The van der Waals surface area contributed by atoms with Gasteiger partial charge in [-0.05, 0) is 57.6 Å². The summed E-state index contributed by atoms with van der Waals surface area (Å²) < 4.78 is 0. The Labute approximate surface area is 359 Å². The summed E-state index contributed by atoms with van der Waals surface area (Å²) in [6, 6.07) is 77.6. The smallest absolute Gasteiger partial charge is 0.164 e. The zero-order valence-electron chi connectivity index (χ0n) is 33.6. The van der Waals surface area contributed by atoms with Crippen molar-refractivity contribution in [1.82, 2.24) is 24.9 Å². The Bertz CT molecular complexity index is 3370. The number of fused-ring (bicyclic) bond motifs is 3. The van der Waals surface area contributed by atoms with Crippen LogP contribution in [-0.2, 0) is 0 Å². The molecule has 0 saturated heterocycles. The van der Waals surface area contributed by atoms with Gasteiger partial charge in [-0.2, -0.15) is 0 Å². The molecule has 62 heavy (non-hydrogen) atoms. The van der Waals surface area contributed by atoms with Crippen molar-refractivity contribution in [3.8, 4) is 90.1 Å². The first-order chi connectivity index (χ1) is 30.7. The summed E-state index contributed by atoms with van der Waals surface area (Å²) in [6.45, 7) is 0. The molecule has 0 fully saturated rings. The van der Waals surface area contributed by atoms with E-state index in [-0.39, 0.29) is 0 Å². The fraction of sp³-hybridized carbons (Fsp3) is 0. The number of benzene rings is 8. The summed E-state index contributed by atoms with van der Waals surface area (Å²) >= 11 is 0. The maximum atomic E-state index is 5.40. The van der Waals surface area contributed by atoms with Gasteiger partial charge in [-0.25, -0.2) is 24.9 Å². The molecule has 0 spiro atoms. The van der Waals surface area contributed by atoms with Crippen molar-refractivity contribution in [1.29, 1.82) is 0 Å². The Balaban J connectivity index is 1.01. The van der Waals surface area contributed by atoms with Crippen molar-refractivity contribution < 1.29 is 0 Å². The second-order valence-corrected chi connectivity index (χ2v) is 15.3. The van der Waals surface area contributed by atoms with E-state index in [0.29, 0.717) is 17.5 Å². The normalized spacial score (nSPS) is 11.2. The molecule has 0 unspecified atom stereocenters. The molecule has 3 heterocycles. The van der Waals surface area contributed by atoms with Gasteiger partial charge in [-0.1, -0.05) is 200 Å². The molecule has 11 aromatic rings. The lowest BCUT2D eigenvalue weighted by Crippen LogP contribution is -2.00. The molecule has 0 saturated carbocycles. The number of rotatable bonds is 8. The van der Waals surface area contributed by atoms with Crippen LogP contribution in [0, 0.1) is 0 Å². The van der Waals surface area contributed by atoms with E-state index in [4.69, 9.17) is 24.9 Å². The minimum atomic E-state index is 0.608. The van der Waals surface area contributed by atoms with Gasteiger partial charge in [0.15, 0.2) is 17.5 Å². The topological polar surface area (TPSA) is 64.5 Å². The molecule has 0 bridgehead atoms. The molecule has 290 valence electrons. The van der Waals surface area contributed by atoms with E-state index in [1.54, 1.807) is 0 Å². The lowest BCUT2D eigenvalue weighted by molar-refractivity contribution is 1.07. The van der Waals surface area contributed by atoms with E-state index in [0.717, 1.165) is 94.4 Å². The van der Waals surface area contributed by atoms with Crippen LogP contribution in [0.4, 0.5) is 0 Å². The molecule has 5 nitrogen and oxygen atoms in total. The van der Waals surface area contributed by atoms with Crippen LogP contribution in [0.15, 0.2) is 224 Å². The molecule has 0 aliphatic rings. The highest BCUT2D eigenvalue weighted by atomic mass is 15.0. The minimum absolute atomic E-state index is 0.608. The fourth-order valence-corrected chi connectivity index (χ4v) is 8.13. The molecule has 0 N–H and O–H groups in total. The number of pyridine rings is 2. The first-order valence-electron chi connectivity index (χ1n) is 20.7. The zero-order valence-corrected chi connectivity index (χ0v) is 33.6. The largest absolute Gasteiger partial charge is 0.245 e. The van der Waals surface area contributed by atoms with Crippen LogP contribution >= 0.6 is 0 Å². The summed E-state index contributed by atoms with van der Waals surface area (Å²) in [5.41, 5.74) is 15.0. The van der Waals surface area contributed by atoms with Crippen LogP contribution in [0.3, 0.4) is 0 Å². The van der Waals surface area contributed by atoms with Gasteiger partial charge in [-0.15, -0.1) is 0 Å². The quantitative estimate of drug-likeness (QED) is 0.143. The highest BCUT2D eigenvalue weighted by molar-refractivity contribution is 6.09. The van der Waals surface area contributed by atoms with Crippen LogP contribution in [0.25, 0.3) is 112 Å². The average molecular weight is 792 g/mol. The highest BCUT2D eigenvalue weighted by Gasteiger charge is 2.16. The van der Waals surface area contributed by atoms with Crippen molar-refractivity contribution in [3.63, 3.8) is 0 Å². The van der Waals surface area contributed by atoms with Gasteiger partial charge in [0.05, 0.1) is 22.4 Å². The van der Waals surface area contributed by atoms with Crippen LogP contribution in [-0.4, -0.2) is 24.9 Å². The van der Waals surface area contributed by atoms with E-state index >= 15 is 0 Å². The molecular formula is C57H37N5. The summed E-state index contributed by atoms with van der Waals surface area (Å²) in [5.74, 6) is 1.85. The van der Waals surface area contributed by atoms with Gasteiger partial charge in [0.1, 0.15) is 0 Å². The number of nitrogens with zero attached hydrogens (tertiary/aromatic N) is 5. The van der Waals surface area contributed by atoms with E-state index in [1.165, 1.54) is 0 Å². The Morgan fingerprint density at radius 2 is 0.661 bits per heavy atom. The van der Waals surface area contributed by atoms with E-state index < -0.39 is 0 Å². The van der Waals surface area contributed by atoms with E-state index in [2.05, 4.69) is 170 Å². The molecule has 0 aliphatic carbocycles. The number of aromatic nitrogens is 5. The molecule has 3 aromatic heterocycles. The second kappa shape index (κ2) is 16.0. The summed E-state index contributed by atoms with van der Waals surface area (Å²) in [6.07, 6.45) is 0. The molecular weight excluding hydrogens is 755 g/mol. The Hall–Kier alpha value is -8.41. The lowest BCUT2D eigenvalue weighted by Gasteiger charge is -2.14. The predicted octanol–water partition coefficient (Wildman–Crippen LogP) is 14.3. The highest BCUT2D eigenvalue weighted by Crippen LogP contribution is 2.37. The minimum Gasteiger partial charge on any atom is -0.245 e. The standard InChI is InChI=1S/C57H37N5/c1-5-15-38(16-6-1)39-27-29-44(30-28-39)56-60-55(43-21-11-4-12-22-43)61-57(62-56)48-26-14-24-46(36-48)45-23-13-25-47(35-45)52-37-50(40-17-7-2-8-18-40)49-33-31-42-32-34-51(41-19-9-3-10-20-41)58-53(42)54(49)59-52/h1-37H. The molecule has 0 atom stereocenters. The Kier molecular flexibility index (Phi) is 9.45. The lowest BCUT2D eigenvalue weighted by atomic mass is 9.95. The number of hydrogen-bond donors (Lipinski definition) is 0. The first kappa shape index (κ1) is 36.7. The van der Waals surface area contributed by atoms with Gasteiger partial charge >= 0.3 is 0 Å². The molecule has 5 heteroatoms. The summed E-state index contributed by atoms with van der Waals surface area (Å²) in [4.78, 5) is 25.7. The SMILES string of the molecule is c1ccc(-c2ccc(-c3nc(-c4ccccc4)nc(-c4cccc(-c5cccc(-c6cc(-c7ccccc7)c7ccc8ccc(-c9ccccc9)nc8c7n6)c5)c4)n3)cc2)cc1. The number of hydrogen-bond acceptors (Lipinski definition) is 5. The van der Waals surface area contributed by atoms with Crippen molar-refractivity contribution in [2.75, 3.05) is 0 Å². The fourth-order valence-electron chi connectivity index (χ4n) is 8.13. The van der Waals surface area contributed by atoms with Crippen molar-refractivity contribution in [2.45, 2.75) is 0 Å². The molecule has 8 aromatic carbocycles. The van der Waals surface area contributed by atoms with Crippen molar-refractivity contribution >= 4 is 21.8 Å². The molecule has 0 aliphatic heterocycles. The van der Waals surface area contributed by atoms with Gasteiger partial charge in [0, 0.05) is 38.6 Å². The molecule has 0 radical (unpaired) electrons. The molecule has 0 amide bonds. The summed E-state index contributed by atoms with van der Waals surface area (Å²) in [7, 11) is 0. The third-order valence-electron chi connectivity index (χ3n) is 11.3. The van der Waals surface area contributed by atoms with Crippen LogP contribution < -0.4 is 0 Å². The van der Waals surface area contributed by atoms with E-state index in [9.17, 15) is 0 Å². The zero-order chi connectivity index (χ0) is 41.2. The van der Waals surface area contributed by atoms with Crippen molar-refractivity contribution in [3.05, 3.63) is 224 Å². The third-order valence-corrected chi connectivity index (χ3v) is 11.3. The third kappa shape index (κ3) is 7.18. The van der Waals surface area contributed by atoms with Gasteiger partial charge in [0.25, 0.3) is 0 Å². The van der Waals surface area contributed by atoms with Crippen LogP contribution in [0.1, 0.15) is 0 Å². The Morgan fingerprint density at radius 1 is 0.226 bits per heavy atom. The second-order valence-electron chi connectivity index (χ2n) is 15.3. The van der Waals surface area contributed by atoms with Gasteiger partial charge in [0.2, 0.25) is 0 Å². The van der Waals surface area contributed by atoms with Gasteiger partial charge < -0.3 is 0 Å². The summed E-state index contributed by atoms with van der Waals surface area (Å²) in [5, 5.41) is 2.11.